The van der Waals surface area contributed by atoms with Crippen molar-refractivity contribution in [2.75, 3.05) is 7.11 Å². The van der Waals surface area contributed by atoms with Crippen LogP contribution in [-0.4, -0.2) is 34.1 Å². The van der Waals surface area contributed by atoms with Crippen molar-refractivity contribution in [3.63, 3.8) is 0 Å². The maximum atomic E-state index is 12.6. The largest absolute Gasteiger partial charge is 0.469 e. The van der Waals surface area contributed by atoms with Gasteiger partial charge < -0.3 is 9.72 Å². The van der Waals surface area contributed by atoms with Gasteiger partial charge >= 0.3 is 5.97 Å². The number of hydrogen-bond donors (Lipinski definition) is 1. The Kier molecular flexibility index (Phi) is 6.14. The standard InChI is InChI=1S/C18H20N2O4S/c1-10-5-6-13(7-11(10)2)17(23)12(3)25-18-19-14(8-15(21)20-18)9-16(22)24-4/h5-8,12H,9H2,1-4H3,(H,19,20,21)/t12-/m1/s1. The van der Waals surface area contributed by atoms with E-state index in [1.807, 2.05) is 26.0 Å². The van der Waals surface area contributed by atoms with Crippen molar-refractivity contribution in [2.24, 2.45) is 0 Å². The van der Waals surface area contributed by atoms with Crippen LogP contribution in [0.15, 0.2) is 34.2 Å². The van der Waals surface area contributed by atoms with Gasteiger partial charge in [-0.05, 0) is 38.0 Å². The monoisotopic (exact) mass is 360 g/mol. The van der Waals surface area contributed by atoms with Gasteiger partial charge in [0.1, 0.15) is 0 Å². The zero-order chi connectivity index (χ0) is 18.6. The van der Waals surface area contributed by atoms with E-state index in [1.54, 1.807) is 13.0 Å². The molecule has 2 rings (SSSR count). The predicted octanol–water partition coefficient (Wildman–Crippen LogP) is 2.47. The fraction of sp³-hybridized carbons (Fsp3) is 0.333. The second kappa shape index (κ2) is 8.11. The quantitative estimate of drug-likeness (QED) is 0.368. The molecule has 0 bridgehead atoms. The molecule has 7 heteroatoms. The zero-order valence-corrected chi connectivity index (χ0v) is 15.4. The highest BCUT2D eigenvalue weighted by Crippen LogP contribution is 2.23. The Labute approximate surface area is 150 Å². The van der Waals surface area contributed by atoms with E-state index in [0.29, 0.717) is 16.4 Å². The first kappa shape index (κ1) is 18.9. The fourth-order valence-electron chi connectivity index (χ4n) is 2.20. The van der Waals surface area contributed by atoms with Crippen LogP contribution in [0.5, 0.6) is 0 Å². The molecule has 0 spiro atoms. The number of H-pyrrole nitrogens is 1. The van der Waals surface area contributed by atoms with Gasteiger partial charge in [0.25, 0.3) is 5.56 Å². The van der Waals surface area contributed by atoms with E-state index in [9.17, 15) is 14.4 Å². The Hall–Kier alpha value is -2.41. The Morgan fingerprint density at radius 2 is 1.96 bits per heavy atom. The number of esters is 1. The molecule has 0 aliphatic carbocycles. The van der Waals surface area contributed by atoms with E-state index < -0.39 is 11.2 Å². The number of Topliss-reactive ketones (excluding diaryl/α,β-unsaturated/α-hetero) is 1. The number of carbonyl (C=O) groups excluding carboxylic acids is 2. The lowest BCUT2D eigenvalue weighted by atomic mass is 10.0. The molecule has 6 nitrogen and oxygen atoms in total. The van der Waals surface area contributed by atoms with E-state index in [0.717, 1.165) is 22.9 Å². The first-order valence-electron chi connectivity index (χ1n) is 7.75. The normalized spacial score (nSPS) is 11.8. The van der Waals surface area contributed by atoms with Crippen molar-refractivity contribution in [1.82, 2.24) is 9.97 Å². The van der Waals surface area contributed by atoms with Crippen LogP contribution in [0.25, 0.3) is 0 Å². The summed E-state index contributed by atoms with van der Waals surface area (Å²) in [6.07, 6.45) is -0.0898. The minimum atomic E-state index is -0.478. The molecule has 1 atom stereocenters. The lowest BCUT2D eigenvalue weighted by Crippen LogP contribution is -2.18. The second-order valence-electron chi connectivity index (χ2n) is 5.72. The summed E-state index contributed by atoms with van der Waals surface area (Å²) in [5, 5.41) is -0.130. The van der Waals surface area contributed by atoms with Crippen LogP contribution in [0, 0.1) is 13.8 Å². The van der Waals surface area contributed by atoms with Crippen molar-refractivity contribution in [3.05, 3.63) is 57.0 Å². The molecule has 0 aliphatic rings. The molecule has 1 aromatic carbocycles. The summed E-state index contributed by atoms with van der Waals surface area (Å²) in [4.78, 5) is 42.5. The number of carbonyl (C=O) groups is 2. The van der Waals surface area contributed by atoms with Crippen molar-refractivity contribution in [1.29, 1.82) is 0 Å². The van der Waals surface area contributed by atoms with Gasteiger partial charge in [-0.25, -0.2) is 4.98 Å². The van der Waals surface area contributed by atoms with Gasteiger partial charge in [0.05, 0.1) is 24.5 Å². The summed E-state index contributed by atoms with van der Waals surface area (Å²) >= 11 is 1.15. The molecule has 0 amide bonds. The summed E-state index contributed by atoms with van der Waals surface area (Å²) in [5.41, 5.74) is 2.73. The van der Waals surface area contributed by atoms with Crippen molar-refractivity contribution >= 4 is 23.5 Å². The number of benzene rings is 1. The number of nitrogens with zero attached hydrogens (tertiary/aromatic N) is 1. The van der Waals surface area contributed by atoms with Crippen molar-refractivity contribution < 1.29 is 14.3 Å². The third kappa shape index (κ3) is 5.03. The number of hydrogen-bond acceptors (Lipinski definition) is 6. The second-order valence-corrected chi connectivity index (χ2v) is 7.05. The maximum Gasteiger partial charge on any atom is 0.311 e. The minimum absolute atomic E-state index is 0.0471. The van der Waals surface area contributed by atoms with Crippen LogP contribution in [0.2, 0.25) is 0 Å². The molecule has 0 saturated heterocycles. The highest BCUT2D eigenvalue weighted by atomic mass is 32.2. The van der Waals surface area contributed by atoms with Gasteiger partial charge in [-0.3, -0.25) is 14.4 Å². The van der Waals surface area contributed by atoms with E-state index in [1.165, 1.54) is 13.2 Å². The molecule has 1 N–H and O–H groups in total. The van der Waals surface area contributed by atoms with Gasteiger partial charge in [-0.1, -0.05) is 23.9 Å². The molecule has 1 aromatic heterocycles. The van der Waals surface area contributed by atoms with Crippen LogP contribution in [0.3, 0.4) is 0 Å². The summed E-state index contributed by atoms with van der Waals surface area (Å²) < 4.78 is 4.58. The van der Waals surface area contributed by atoms with Crippen LogP contribution < -0.4 is 5.56 Å². The molecular formula is C18H20N2O4S. The number of nitrogens with one attached hydrogen (secondary N) is 1. The molecule has 0 saturated carbocycles. The van der Waals surface area contributed by atoms with Gasteiger partial charge in [0.15, 0.2) is 10.9 Å². The third-order valence-electron chi connectivity index (χ3n) is 3.78. The maximum absolute atomic E-state index is 12.6. The highest BCUT2D eigenvalue weighted by molar-refractivity contribution is 8.00. The molecule has 2 aromatic rings. The lowest BCUT2D eigenvalue weighted by Gasteiger charge is -2.11. The third-order valence-corrected chi connectivity index (χ3v) is 4.76. The number of methoxy groups -OCH3 is 1. The summed E-state index contributed by atoms with van der Waals surface area (Å²) in [6, 6.07) is 6.82. The van der Waals surface area contributed by atoms with Crippen LogP contribution in [-0.2, 0) is 16.0 Å². The number of thioether (sulfide) groups is 1. The van der Waals surface area contributed by atoms with Crippen LogP contribution in [0.1, 0.15) is 34.1 Å². The molecule has 0 aliphatic heterocycles. The SMILES string of the molecule is COC(=O)Cc1cc(=O)[nH]c(S[C@H](C)C(=O)c2ccc(C)c(C)c2)n1. The molecule has 0 unspecified atom stereocenters. The number of aromatic amines is 1. The molecule has 1 heterocycles. The van der Waals surface area contributed by atoms with Crippen molar-refractivity contribution in [3.8, 4) is 0 Å². The van der Waals surface area contributed by atoms with E-state index in [2.05, 4.69) is 14.7 Å². The number of rotatable bonds is 6. The summed E-state index contributed by atoms with van der Waals surface area (Å²) in [7, 11) is 1.27. The molecule has 0 radical (unpaired) electrons. The fourth-order valence-corrected chi connectivity index (χ4v) is 3.11. The molecular weight excluding hydrogens is 340 g/mol. The number of aryl methyl sites for hydroxylation is 2. The Balaban J connectivity index is 2.17. The molecule has 132 valence electrons. The Bertz CT molecular complexity index is 860. The topological polar surface area (TPSA) is 89.1 Å². The number of ketones is 1. The predicted molar refractivity (Wildman–Crippen MR) is 96.1 cm³/mol. The smallest absolute Gasteiger partial charge is 0.311 e. The summed E-state index contributed by atoms with van der Waals surface area (Å²) in [5.74, 6) is -0.526. The minimum Gasteiger partial charge on any atom is -0.469 e. The Morgan fingerprint density at radius 1 is 1.24 bits per heavy atom. The zero-order valence-electron chi connectivity index (χ0n) is 14.6. The Morgan fingerprint density at radius 3 is 2.60 bits per heavy atom. The van der Waals surface area contributed by atoms with Crippen LogP contribution >= 0.6 is 11.8 Å². The average Bonchev–Trinajstić information content (AvgIpc) is 2.55. The molecule has 25 heavy (non-hydrogen) atoms. The first-order chi connectivity index (χ1) is 11.8. The van der Waals surface area contributed by atoms with Crippen LogP contribution in [0.4, 0.5) is 0 Å². The highest BCUT2D eigenvalue weighted by Gasteiger charge is 2.19. The van der Waals surface area contributed by atoms with Gasteiger partial charge in [0, 0.05) is 11.6 Å². The number of aromatic nitrogens is 2. The van der Waals surface area contributed by atoms with Gasteiger partial charge in [-0.2, -0.15) is 0 Å². The van der Waals surface area contributed by atoms with E-state index in [4.69, 9.17) is 0 Å². The number of ether oxygens (including phenoxy) is 1. The average molecular weight is 360 g/mol. The van der Waals surface area contributed by atoms with E-state index in [-0.39, 0.29) is 17.8 Å². The van der Waals surface area contributed by atoms with Crippen molar-refractivity contribution in [2.45, 2.75) is 37.6 Å². The van der Waals surface area contributed by atoms with Gasteiger partial charge in [0.2, 0.25) is 0 Å². The summed E-state index contributed by atoms with van der Waals surface area (Å²) in [6.45, 7) is 5.71. The van der Waals surface area contributed by atoms with Gasteiger partial charge in [-0.15, -0.1) is 0 Å². The molecule has 0 fully saturated rings. The lowest BCUT2D eigenvalue weighted by molar-refractivity contribution is -0.139. The first-order valence-corrected chi connectivity index (χ1v) is 8.63. The van der Waals surface area contributed by atoms with E-state index >= 15 is 0 Å².